The second kappa shape index (κ2) is 5.61. The van der Waals surface area contributed by atoms with Crippen LogP contribution in [0.15, 0.2) is 43.0 Å². The van der Waals surface area contributed by atoms with Crippen LogP contribution in [0, 0.1) is 0 Å². The lowest BCUT2D eigenvalue weighted by Crippen LogP contribution is -2.45. The van der Waals surface area contributed by atoms with Gasteiger partial charge in [-0.15, -0.1) is 0 Å². The molecule has 2 nitrogen and oxygen atoms in total. The Hall–Kier alpha value is -0.903. The summed E-state index contributed by atoms with van der Waals surface area (Å²) >= 11 is 0. The molecule has 0 spiro atoms. The van der Waals surface area contributed by atoms with Crippen LogP contribution in [0.25, 0.3) is 0 Å². The first kappa shape index (κ1) is 16.2. The number of rotatable bonds is 5. The molecule has 106 valence electrons. The van der Waals surface area contributed by atoms with Crippen LogP contribution >= 0.6 is 0 Å². The van der Waals surface area contributed by atoms with Crippen molar-refractivity contribution in [3.63, 3.8) is 0 Å². The Balaban J connectivity index is 3.26. The molecule has 19 heavy (non-hydrogen) atoms. The molecule has 0 bridgehead atoms. The zero-order chi connectivity index (χ0) is 14.7. The summed E-state index contributed by atoms with van der Waals surface area (Å²) in [6.45, 7) is 16.5. The van der Waals surface area contributed by atoms with Gasteiger partial charge in [0.2, 0.25) is 5.79 Å². The summed E-state index contributed by atoms with van der Waals surface area (Å²) in [5.41, 5.74) is 0.672. The highest BCUT2D eigenvalue weighted by Crippen LogP contribution is 2.35. The topological polar surface area (TPSA) is 18.5 Å². The first-order valence-corrected chi connectivity index (χ1v) is 10.1. The standard InChI is InChI=1S/C16H26O2Si/c1-8-16(17-15(2,3)4,18-19(5,6)7)14-12-10-9-11-13-14/h8-13H,1H2,2-7H3. The molecule has 3 heteroatoms. The maximum atomic E-state index is 6.34. The summed E-state index contributed by atoms with van der Waals surface area (Å²) in [4.78, 5) is 0. The maximum absolute atomic E-state index is 6.34. The van der Waals surface area contributed by atoms with Crippen molar-refractivity contribution in [3.05, 3.63) is 48.6 Å². The molecule has 0 N–H and O–H groups in total. The molecular formula is C16H26O2Si. The Bertz CT molecular complexity index is 397. The van der Waals surface area contributed by atoms with E-state index in [4.69, 9.17) is 9.16 Å². The number of hydrogen-bond acceptors (Lipinski definition) is 2. The van der Waals surface area contributed by atoms with Crippen LogP contribution in [0.5, 0.6) is 0 Å². The summed E-state index contributed by atoms with van der Waals surface area (Å²) in [6.07, 6.45) is 1.77. The molecule has 1 aromatic carbocycles. The minimum atomic E-state index is -1.79. The van der Waals surface area contributed by atoms with Crippen molar-refractivity contribution in [2.75, 3.05) is 0 Å². The monoisotopic (exact) mass is 278 g/mol. The maximum Gasteiger partial charge on any atom is 0.206 e. The summed E-state index contributed by atoms with van der Waals surface area (Å²) in [7, 11) is -1.79. The van der Waals surface area contributed by atoms with Crippen LogP contribution in [-0.2, 0) is 14.9 Å². The quantitative estimate of drug-likeness (QED) is 0.442. The molecule has 1 unspecified atom stereocenters. The van der Waals surface area contributed by atoms with E-state index in [1.165, 1.54) is 0 Å². The molecule has 0 radical (unpaired) electrons. The largest absolute Gasteiger partial charge is 0.384 e. The van der Waals surface area contributed by atoms with Crippen molar-refractivity contribution in [1.82, 2.24) is 0 Å². The first-order chi connectivity index (χ1) is 8.58. The van der Waals surface area contributed by atoms with Gasteiger partial charge in [-0.1, -0.05) is 36.9 Å². The van der Waals surface area contributed by atoms with Gasteiger partial charge in [-0.05, 0) is 46.5 Å². The molecule has 0 amide bonds. The number of ether oxygens (including phenoxy) is 1. The second-order valence-corrected chi connectivity index (χ2v) is 11.1. The summed E-state index contributed by atoms with van der Waals surface area (Å²) in [5.74, 6) is -0.871. The van der Waals surface area contributed by atoms with Crippen LogP contribution in [0.1, 0.15) is 26.3 Å². The highest BCUT2D eigenvalue weighted by molar-refractivity contribution is 6.69. The smallest absolute Gasteiger partial charge is 0.206 e. The van der Waals surface area contributed by atoms with Gasteiger partial charge in [0.05, 0.1) is 5.60 Å². The lowest BCUT2D eigenvalue weighted by molar-refractivity contribution is -0.218. The highest BCUT2D eigenvalue weighted by atomic mass is 28.4. The first-order valence-electron chi connectivity index (χ1n) is 6.67. The van der Waals surface area contributed by atoms with Gasteiger partial charge < -0.3 is 9.16 Å². The molecule has 0 aliphatic rings. The summed E-state index contributed by atoms with van der Waals surface area (Å²) in [5, 5.41) is 0. The zero-order valence-electron chi connectivity index (χ0n) is 13.0. The molecule has 1 atom stereocenters. The average Bonchev–Trinajstić information content (AvgIpc) is 2.25. The zero-order valence-corrected chi connectivity index (χ0v) is 14.0. The molecule has 0 aliphatic heterocycles. The Labute approximate surface area is 118 Å². The molecule has 0 aromatic heterocycles. The van der Waals surface area contributed by atoms with Gasteiger partial charge >= 0.3 is 0 Å². The van der Waals surface area contributed by atoms with Crippen LogP contribution in [0.2, 0.25) is 19.6 Å². The van der Waals surface area contributed by atoms with E-state index in [2.05, 4.69) is 26.2 Å². The van der Waals surface area contributed by atoms with Crippen molar-refractivity contribution < 1.29 is 9.16 Å². The van der Waals surface area contributed by atoms with Crippen LogP contribution < -0.4 is 0 Å². The lowest BCUT2D eigenvalue weighted by atomic mass is 10.0. The van der Waals surface area contributed by atoms with Crippen molar-refractivity contribution in [2.24, 2.45) is 0 Å². The Kier molecular flexibility index (Phi) is 4.77. The molecule has 0 saturated carbocycles. The fourth-order valence-corrected chi connectivity index (χ4v) is 3.07. The predicted octanol–water partition coefficient (Wildman–Crippen LogP) is 4.69. The van der Waals surface area contributed by atoms with E-state index in [1.54, 1.807) is 6.08 Å². The number of hydrogen-bond donors (Lipinski definition) is 0. The highest BCUT2D eigenvalue weighted by Gasteiger charge is 2.39. The van der Waals surface area contributed by atoms with Crippen molar-refractivity contribution in [2.45, 2.75) is 51.8 Å². The van der Waals surface area contributed by atoms with Crippen molar-refractivity contribution >= 4 is 8.32 Å². The molecule has 1 rings (SSSR count). The van der Waals surface area contributed by atoms with E-state index in [9.17, 15) is 0 Å². The van der Waals surface area contributed by atoms with E-state index in [1.807, 2.05) is 51.1 Å². The Morgan fingerprint density at radius 3 is 1.95 bits per heavy atom. The van der Waals surface area contributed by atoms with E-state index in [-0.39, 0.29) is 5.60 Å². The SMILES string of the molecule is C=CC(OC(C)(C)C)(O[Si](C)(C)C)c1ccccc1. The molecule has 1 aromatic rings. The minimum Gasteiger partial charge on any atom is -0.384 e. The van der Waals surface area contributed by atoms with Gasteiger partial charge in [-0.2, -0.15) is 0 Å². The molecular weight excluding hydrogens is 252 g/mol. The second-order valence-electron chi connectivity index (χ2n) is 6.67. The van der Waals surface area contributed by atoms with E-state index < -0.39 is 14.1 Å². The van der Waals surface area contributed by atoms with Gasteiger partial charge in [0.25, 0.3) is 0 Å². The molecule has 0 fully saturated rings. The lowest BCUT2D eigenvalue weighted by Gasteiger charge is -2.41. The third-order valence-corrected chi connectivity index (χ3v) is 3.28. The Morgan fingerprint density at radius 2 is 1.58 bits per heavy atom. The summed E-state index contributed by atoms with van der Waals surface area (Å²) in [6, 6.07) is 10.0. The molecule has 0 heterocycles. The van der Waals surface area contributed by atoms with Gasteiger partial charge in [-0.3, -0.25) is 0 Å². The van der Waals surface area contributed by atoms with Gasteiger partial charge in [0.15, 0.2) is 8.32 Å². The van der Waals surface area contributed by atoms with E-state index >= 15 is 0 Å². The van der Waals surface area contributed by atoms with Gasteiger partial charge in [0, 0.05) is 5.56 Å². The fraction of sp³-hybridized carbons (Fsp3) is 0.500. The molecule has 0 aliphatic carbocycles. The predicted molar refractivity (Wildman–Crippen MR) is 83.6 cm³/mol. The normalized spacial score (nSPS) is 15.9. The average molecular weight is 278 g/mol. The Morgan fingerprint density at radius 1 is 1.05 bits per heavy atom. The number of benzene rings is 1. The van der Waals surface area contributed by atoms with E-state index in [0.29, 0.717) is 0 Å². The van der Waals surface area contributed by atoms with Gasteiger partial charge in [0.1, 0.15) is 0 Å². The van der Waals surface area contributed by atoms with Crippen molar-refractivity contribution in [3.8, 4) is 0 Å². The third kappa shape index (κ3) is 4.94. The summed E-state index contributed by atoms with van der Waals surface area (Å²) < 4.78 is 12.6. The van der Waals surface area contributed by atoms with Crippen LogP contribution in [0.4, 0.5) is 0 Å². The van der Waals surface area contributed by atoms with E-state index in [0.717, 1.165) is 5.56 Å². The van der Waals surface area contributed by atoms with Gasteiger partial charge in [-0.25, -0.2) is 0 Å². The fourth-order valence-electron chi connectivity index (χ4n) is 1.92. The van der Waals surface area contributed by atoms with Crippen molar-refractivity contribution in [1.29, 1.82) is 0 Å². The minimum absolute atomic E-state index is 0.316. The third-order valence-electron chi connectivity index (χ3n) is 2.36. The van der Waals surface area contributed by atoms with Crippen LogP contribution in [0.3, 0.4) is 0 Å². The van der Waals surface area contributed by atoms with Crippen LogP contribution in [-0.4, -0.2) is 13.9 Å². The molecule has 0 saturated heterocycles.